The van der Waals surface area contributed by atoms with Crippen LogP contribution in [0.5, 0.6) is 0 Å². The Bertz CT molecular complexity index is 772. The molecule has 3 rings (SSSR count). The smallest absolute Gasteiger partial charge is 0.256 e. The highest BCUT2D eigenvalue weighted by Crippen LogP contribution is 2.26. The molecule has 0 radical (unpaired) electrons. The van der Waals surface area contributed by atoms with Gasteiger partial charge in [-0.2, -0.15) is 0 Å². The van der Waals surface area contributed by atoms with Crippen LogP contribution in [0.25, 0.3) is 10.8 Å². The molecule has 2 aromatic carbocycles. The Morgan fingerprint density at radius 1 is 1.00 bits per heavy atom. The van der Waals surface area contributed by atoms with E-state index in [4.69, 9.17) is 11.6 Å². The van der Waals surface area contributed by atoms with E-state index in [1.807, 2.05) is 30.3 Å². The third-order valence-corrected chi connectivity index (χ3v) is 3.36. The summed E-state index contributed by atoms with van der Waals surface area (Å²) in [5.74, 6) is -0.175. The number of pyridine rings is 1. The number of amides is 1. The van der Waals surface area contributed by atoms with Crippen molar-refractivity contribution in [2.75, 3.05) is 5.32 Å². The van der Waals surface area contributed by atoms with E-state index in [1.54, 1.807) is 30.6 Å². The Labute approximate surface area is 121 Å². The van der Waals surface area contributed by atoms with Gasteiger partial charge in [0.15, 0.2) is 0 Å². The number of nitrogens with one attached hydrogen (secondary N) is 1. The molecule has 1 aromatic heterocycles. The molecule has 1 amide bonds. The van der Waals surface area contributed by atoms with Gasteiger partial charge in [0.2, 0.25) is 0 Å². The van der Waals surface area contributed by atoms with Gasteiger partial charge in [0.1, 0.15) is 0 Å². The number of anilines is 1. The first-order valence-electron chi connectivity index (χ1n) is 6.14. The third-order valence-electron chi connectivity index (χ3n) is 3.03. The molecule has 98 valence electrons. The number of carbonyl (C=O) groups is 1. The number of aromatic nitrogens is 1. The van der Waals surface area contributed by atoms with Crippen LogP contribution in [0.3, 0.4) is 0 Å². The highest BCUT2D eigenvalue weighted by Gasteiger charge is 2.11. The van der Waals surface area contributed by atoms with Crippen LogP contribution in [-0.2, 0) is 0 Å². The minimum absolute atomic E-state index is 0.175. The van der Waals surface area contributed by atoms with Gasteiger partial charge in [0.05, 0.1) is 11.9 Å². The lowest BCUT2D eigenvalue weighted by atomic mass is 10.0. The van der Waals surface area contributed by atoms with E-state index in [-0.39, 0.29) is 5.91 Å². The number of fused-ring (bicyclic) bond motifs is 1. The predicted octanol–water partition coefficient (Wildman–Crippen LogP) is 4.14. The zero-order valence-corrected chi connectivity index (χ0v) is 11.3. The van der Waals surface area contributed by atoms with Crippen LogP contribution in [0.1, 0.15) is 10.4 Å². The fourth-order valence-corrected chi connectivity index (χ4v) is 2.34. The van der Waals surface area contributed by atoms with Crippen molar-refractivity contribution < 1.29 is 4.79 Å². The maximum Gasteiger partial charge on any atom is 0.256 e. The number of hydrogen-bond donors (Lipinski definition) is 1. The second kappa shape index (κ2) is 5.31. The van der Waals surface area contributed by atoms with E-state index in [9.17, 15) is 4.79 Å². The monoisotopic (exact) mass is 282 g/mol. The summed E-state index contributed by atoms with van der Waals surface area (Å²) in [5, 5.41) is 5.17. The van der Waals surface area contributed by atoms with E-state index in [1.165, 1.54) is 0 Å². The average Bonchev–Trinajstić information content (AvgIpc) is 2.48. The summed E-state index contributed by atoms with van der Waals surface area (Å²) >= 11 is 6.15. The summed E-state index contributed by atoms with van der Waals surface area (Å²) in [4.78, 5) is 16.3. The second-order valence-corrected chi connectivity index (χ2v) is 4.74. The predicted molar refractivity (Wildman–Crippen MR) is 81.1 cm³/mol. The van der Waals surface area contributed by atoms with Crippen LogP contribution in [0.15, 0.2) is 60.9 Å². The van der Waals surface area contributed by atoms with Gasteiger partial charge in [-0.25, -0.2) is 0 Å². The van der Waals surface area contributed by atoms with Crippen molar-refractivity contribution in [2.24, 2.45) is 0 Å². The number of hydrogen-bond acceptors (Lipinski definition) is 2. The van der Waals surface area contributed by atoms with Gasteiger partial charge in [-0.1, -0.05) is 35.9 Å². The Morgan fingerprint density at radius 2 is 1.80 bits per heavy atom. The number of rotatable bonds is 2. The molecule has 0 aliphatic carbocycles. The lowest BCUT2D eigenvalue weighted by Gasteiger charge is -2.08. The second-order valence-electron chi connectivity index (χ2n) is 4.34. The van der Waals surface area contributed by atoms with Gasteiger partial charge in [0.25, 0.3) is 5.91 Å². The number of benzene rings is 2. The van der Waals surface area contributed by atoms with Crippen molar-refractivity contribution in [1.29, 1.82) is 0 Å². The molecule has 3 nitrogen and oxygen atoms in total. The molecule has 3 aromatic rings. The van der Waals surface area contributed by atoms with Crippen LogP contribution >= 0.6 is 11.6 Å². The molecule has 1 heterocycles. The average molecular weight is 283 g/mol. The topological polar surface area (TPSA) is 42.0 Å². The number of halogens is 1. The van der Waals surface area contributed by atoms with Crippen molar-refractivity contribution in [3.05, 3.63) is 71.5 Å². The van der Waals surface area contributed by atoms with E-state index >= 15 is 0 Å². The molecule has 1 N–H and O–H groups in total. The largest absolute Gasteiger partial charge is 0.321 e. The number of nitrogens with zero attached hydrogens (tertiary/aromatic N) is 1. The van der Waals surface area contributed by atoms with Crippen molar-refractivity contribution in [3.63, 3.8) is 0 Å². The highest BCUT2D eigenvalue weighted by atomic mass is 35.5. The van der Waals surface area contributed by atoms with Crippen molar-refractivity contribution in [2.45, 2.75) is 0 Å². The third kappa shape index (κ3) is 2.36. The zero-order valence-electron chi connectivity index (χ0n) is 10.5. The van der Waals surface area contributed by atoms with Crippen LogP contribution in [0.4, 0.5) is 5.69 Å². The molecule has 0 aliphatic rings. The van der Waals surface area contributed by atoms with Crippen LogP contribution in [-0.4, -0.2) is 10.9 Å². The Balaban J connectivity index is 2.02. The lowest BCUT2D eigenvalue weighted by molar-refractivity contribution is 0.102. The summed E-state index contributed by atoms with van der Waals surface area (Å²) in [6.07, 6.45) is 3.27. The van der Waals surface area contributed by atoms with Crippen LogP contribution < -0.4 is 5.32 Å². The van der Waals surface area contributed by atoms with Crippen LogP contribution in [0, 0.1) is 0 Å². The summed E-state index contributed by atoms with van der Waals surface area (Å²) in [5.41, 5.74) is 1.25. The molecule has 0 saturated carbocycles. The van der Waals surface area contributed by atoms with Crippen molar-refractivity contribution in [3.8, 4) is 0 Å². The molecule has 4 heteroatoms. The molecule has 0 saturated heterocycles. The number of carbonyl (C=O) groups excluding carboxylic acids is 1. The molecule has 0 atom stereocenters. The first-order valence-corrected chi connectivity index (χ1v) is 6.52. The Morgan fingerprint density at radius 3 is 2.60 bits per heavy atom. The Hall–Kier alpha value is -2.39. The van der Waals surface area contributed by atoms with Gasteiger partial charge in [-0.3, -0.25) is 9.78 Å². The van der Waals surface area contributed by atoms with Crippen LogP contribution in [0.2, 0.25) is 5.02 Å². The van der Waals surface area contributed by atoms with Crippen molar-refractivity contribution in [1.82, 2.24) is 4.98 Å². The van der Waals surface area contributed by atoms with Gasteiger partial charge in [-0.15, -0.1) is 0 Å². The normalized spacial score (nSPS) is 10.4. The molecule has 0 bridgehead atoms. The lowest BCUT2D eigenvalue weighted by Crippen LogP contribution is -2.12. The summed E-state index contributed by atoms with van der Waals surface area (Å²) in [6, 6.07) is 14.6. The molecule has 0 fully saturated rings. The SMILES string of the molecule is O=C(Nc1cccnc1)c1cccc2c(Cl)cccc12. The maximum atomic E-state index is 12.4. The molecule has 0 aliphatic heterocycles. The minimum Gasteiger partial charge on any atom is -0.321 e. The van der Waals surface area contributed by atoms with Gasteiger partial charge < -0.3 is 5.32 Å². The van der Waals surface area contributed by atoms with E-state index in [0.717, 1.165) is 10.8 Å². The first kappa shape index (κ1) is 12.6. The quantitative estimate of drug-likeness (QED) is 0.767. The first-order chi connectivity index (χ1) is 9.75. The fourth-order valence-electron chi connectivity index (χ4n) is 2.10. The summed E-state index contributed by atoms with van der Waals surface area (Å²) in [7, 11) is 0. The molecule has 0 spiro atoms. The van der Waals surface area contributed by atoms with E-state index < -0.39 is 0 Å². The molecular weight excluding hydrogens is 272 g/mol. The van der Waals surface area contributed by atoms with Gasteiger partial charge in [0, 0.05) is 22.2 Å². The molecule has 0 unspecified atom stereocenters. The highest BCUT2D eigenvalue weighted by molar-refractivity contribution is 6.36. The summed E-state index contributed by atoms with van der Waals surface area (Å²) < 4.78 is 0. The van der Waals surface area contributed by atoms with E-state index in [0.29, 0.717) is 16.3 Å². The summed E-state index contributed by atoms with van der Waals surface area (Å²) in [6.45, 7) is 0. The molecular formula is C16H11ClN2O. The minimum atomic E-state index is -0.175. The van der Waals surface area contributed by atoms with Gasteiger partial charge in [-0.05, 0) is 29.7 Å². The zero-order chi connectivity index (χ0) is 13.9. The standard InChI is InChI=1S/C16H11ClN2O/c17-15-8-2-5-12-13(15)6-1-7-14(12)16(20)19-11-4-3-9-18-10-11/h1-10H,(H,19,20). The van der Waals surface area contributed by atoms with E-state index in [2.05, 4.69) is 10.3 Å². The molecule has 20 heavy (non-hydrogen) atoms. The maximum absolute atomic E-state index is 12.4. The Kier molecular flexibility index (Phi) is 3.35. The van der Waals surface area contributed by atoms with Gasteiger partial charge >= 0.3 is 0 Å². The fraction of sp³-hybridized carbons (Fsp3) is 0. The van der Waals surface area contributed by atoms with Crippen molar-refractivity contribution >= 4 is 34.0 Å².